The van der Waals surface area contributed by atoms with Gasteiger partial charge >= 0.3 is 0 Å². The standard InChI is InChI=1S/C19H29N3O2/c1-15-6-5-7-16(2)22(15)19(24)14-20-10-12-21(13-11-20)17-8-3-4-9-18(17)23/h3-4,8-9,15-16,23H,5-7,10-14H2,1-2H3/p+1/t15-,16-/m0/s1. The van der Waals surface area contributed by atoms with Gasteiger partial charge in [0.2, 0.25) is 0 Å². The number of carbonyl (C=O) groups is 1. The van der Waals surface area contributed by atoms with Crippen LogP contribution in [0.15, 0.2) is 24.3 Å². The van der Waals surface area contributed by atoms with Gasteiger partial charge in [-0.3, -0.25) is 4.79 Å². The molecule has 1 aromatic carbocycles. The largest absolute Gasteiger partial charge is 0.506 e. The van der Waals surface area contributed by atoms with E-state index in [2.05, 4.69) is 23.6 Å². The lowest BCUT2D eigenvalue weighted by Crippen LogP contribution is -3.16. The van der Waals surface area contributed by atoms with Crippen molar-refractivity contribution in [2.24, 2.45) is 0 Å². The second-order valence-corrected chi connectivity index (χ2v) is 7.33. The molecule has 2 atom stereocenters. The first kappa shape index (κ1) is 17.1. The SMILES string of the molecule is C[C@H]1CCC[C@H](C)N1C(=O)C[NH+]1CCN(c2ccccc2O)CC1. The third-order valence-corrected chi connectivity index (χ3v) is 5.58. The minimum absolute atomic E-state index is 0.306. The number of nitrogens with zero attached hydrogens (tertiary/aromatic N) is 2. The Morgan fingerprint density at radius 3 is 2.42 bits per heavy atom. The number of piperidine rings is 1. The minimum atomic E-state index is 0.306. The first-order valence-corrected chi connectivity index (χ1v) is 9.24. The molecule has 0 saturated carbocycles. The third-order valence-electron chi connectivity index (χ3n) is 5.58. The number of rotatable bonds is 3. The molecule has 0 unspecified atom stereocenters. The fraction of sp³-hybridized carbons (Fsp3) is 0.632. The Morgan fingerprint density at radius 2 is 1.79 bits per heavy atom. The molecule has 2 fully saturated rings. The van der Waals surface area contributed by atoms with E-state index in [0.29, 0.717) is 30.3 Å². The smallest absolute Gasteiger partial charge is 0.278 e. The van der Waals surface area contributed by atoms with Gasteiger partial charge in [0.1, 0.15) is 5.75 Å². The average Bonchev–Trinajstić information content (AvgIpc) is 2.56. The van der Waals surface area contributed by atoms with Gasteiger partial charge in [-0.25, -0.2) is 0 Å². The molecule has 5 nitrogen and oxygen atoms in total. The van der Waals surface area contributed by atoms with E-state index >= 15 is 0 Å². The topological polar surface area (TPSA) is 48.2 Å². The number of carbonyl (C=O) groups excluding carboxylic acids is 1. The molecule has 132 valence electrons. The lowest BCUT2D eigenvalue weighted by Gasteiger charge is -2.40. The molecule has 0 radical (unpaired) electrons. The molecule has 24 heavy (non-hydrogen) atoms. The molecule has 2 saturated heterocycles. The van der Waals surface area contributed by atoms with Crippen LogP contribution in [0, 0.1) is 0 Å². The fourth-order valence-electron chi connectivity index (χ4n) is 4.19. The number of quaternary nitrogens is 1. The van der Waals surface area contributed by atoms with Gasteiger partial charge in [0.15, 0.2) is 6.54 Å². The minimum Gasteiger partial charge on any atom is -0.506 e. The Morgan fingerprint density at radius 1 is 1.17 bits per heavy atom. The van der Waals surface area contributed by atoms with E-state index in [0.717, 1.165) is 44.7 Å². The molecular weight excluding hydrogens is 302 g/mol. The zero-order valence-corrected chi connectivity index (χ0v) is 14.9. The molecule has 1 amide bonds. The van der Waals surface area contributed by atoms with Crippen LogP contribution in [0.1, 0.15) is 33.1 Å². The summed E-state index contributed by atoms with van der Waals surface area (Å²) < 4.78 is 0. The van der Waals surface area contributed by atoms with Crippen molar-refractivity contribution in [2.45, 2.75) is 45.2 Å². The highest BCUT2D eigenvalue weighted by molar-refractivity contribution is 5.78. The van der Waals surface area contributed by atoms with Gasteiger partial charge in [0, 0.05) is 12.1 Å². The van der Waals surface area contributed by atoms with Crippen molar-refractivity contribution in [3.63, 3.8) is 0 Å². The van der Waals surface area contributed by atoms with E-state index in [1.54, 1.807) is 6.07 Å². The normalized spacial score (nSPS) is 25.8. The maximum atomic E-state index is 12.7. The van der Waals surface area contributed by atoms with Crippen LogP contribution in [-0.2, 0) is 4.79 Å². The average molecular weight is 332 g/mol. The van der Waals surface area contributed by atoms with Gasteiger partial charge in [-0.2, -0.15) is 0 Å². The first-order valence-electron chi connectivity index (χ1n) is 9.24. The van der Waals surface area contributed by atoms with Crippen LogP contribution in [0.2, 0.25) is 0 Å². The zero-order valence-electron chi connectivity index (χ0n) is 14.9. The number of hydrogen-bond donors (Lipinski definition) is 2. The molecular formula is C19H30N3O2+. The summed E-state index contributed by atoms with van der Waals surface area (Å²) in [5.41, 5.74) is 0.904. The molecule has 2 aliphatic heterocycles. The van der Waals surface area contributed by atoms with Gasteiger partial charge in [0.25, 0.3) is 5.91 Å². The fourth-order valence-corrected chi connectivity index (χ4v) is 4.19. The highest BCUT2D eigenvalue weighted by atomic mass is 16.3. The van der Waals surface area contributed by atoms with Crippen LogP contribution in [0.4, 0.5) is 5.69 Å². The summed E-state index contributed by atoms with van der Waals surface area (Å²) in [6.07, 6.45) is 3.50. The van der Waals surface area contributed by atoms with Gasteiger partial charge in [0.05, 0.1) is 31.9 Å². The molecule has 1 aromatic rings. The van der Waals surface area contributed by atoms with Crippen LogP contribution in [0.5, 0.6) is 5.75 Å². The summed E-state index contributed by atoms with van der Waals surface area (Å²) in [7, 11) is 0. The van der Waals surface area contributed by atoms with Crippen molar-refractivity contribution in [1.29, 1.82) is 0 Å². The lowest BCUT2D eigenvalue weighted by atomic mass is 9.97. The van der Waals surface area contributed by atoms with E-state index in [1.165, 1.54) is 11.3 Å². The number of para-hydroxylation sites is 2. The number of aromatic hydroxyl groups is 1. The Hall–Kier alpha value is -1.75. The van der Waals surface area contributed by atoms with Gasteiger partial charge in [-0.1, -0.05) is 12.1 Å². The number of amides is 1. The molecule has 2 heterocycles. The van der Waals surface area contributed by atoms with Crippen LogP contribution >= 0.6 is 0 Å². The van der Waals surface area contributed by atoms with E-state index in [4.69, 9.17) is 0 Å². The quantitative estimate of drug-likeness (QED) is 0.864. The first-order chi connectivity index (χ1) is 11.6. The number of phenolic OH excluding ortho intramolecular Hbond substituents is 1. The van der Waals surface area contributed by atoms with Gasteiger partial charge in [-0.05, 0) is 45.2 Å². The molecule has 5 heteroatoms. The molecule has 0 spiro atoms. The van der Waals surface area contributed by atoms with Crippen molar-refractivity contribution < 1.29 is 14.8 Å². The molecule has 2 aliphatic rings. The predicted octanol–water partition coefficient (Wildman–Crippen LogP) is 0.887. The summed E-state index contributed by atoms with van der Waals surface area (Å²) in [6, 6.07) is 8.25. The number of nitrogens with one attached hydrogen (secondary N) is 1. The Kier molecular flexibility index (Phi) is 5.29. The zero-order chi connectivity index (χ0) is 17.1. The van der Waals surface area contributed by atoms with Crippen LogP contribution in [0.3, 0.4) is 0 Å². The van der Waals surface area contributed by atoms with Crippen molar-refractivity contribution in [3.8, 4) is 5.75 Å². The highest BCUT2D eigenvalue weighted by Gasteiger charge is 2.32. The monoisotopic (exact) mass is 332 g/mol. The molecule has 0 aliphatic carbocycles. The third kappa shape index (κ3) is 3.66. The molecule has 0 aromatic heterocycles. The Labute approximate surface area is 144 Å². The van der Waals surface area contributed by atoms with E-state index in [9.17, 15) is 9.90 Å². The highest BCUT2D eigenvalue weighted by Crippen LogP contribution is 2.26. The number of hydrogen-bond acceptors (Lipinski definition) is 3. The number of piperazine rings is 1. The van der Waals surface area contributed by atoms with Crippen molar-refractivity contribution in [2.75, 3.05) is 37.6 Å². The number of anilines is 1. The van der Waals surface area contributed by atoms with Crippen molar-refractivity contribution in [3.05, 3.63) is 24.3 Å². The molecule has 0 bridgehead atoms. The van der Waals surface area contributed by atoms with Gasteiger partial charge in [-0.15, -0.1) is 0 Å². The summed E-state index contributed by atoms with van der Waals surface area (Å²) in [6.45, 7) is 8.60. The maximum Gasteiger partial charge on any atom is 0.278 e. The van der Waals surface area contributed by atoms with Crippen LogP contribution < -0.4 is 9.80 Å². The van der Waals surface area contributed by atoms with Gasteiger partial charge < -0.3 is 19.8 Å². The lowest BCUT2D eigenvalue weighted by molar-refractivity contribution is -0.892. The summed E-state index contributed by atoms with van der Waals surface area (Å²) in [4.78, 5) is 18.4. The Bertz CT molecular complexity index is 559. The Balaban J connectivity index is 1.54. The second-order valence-electron chi connectivity index (χ2n) is 7.33. The van der Waals surface area contributed by atoms with Crippen LogP contribution in [-0.4, -0.2) is 60.7 Å². The molecule has 2 N–H and O–H groups in total. The number of likely N-dealkylation sites (tertiary alicyclic amines) is 1. The summed E-state index contributed by atoms with van der Waals surface area (Å²) in [5.74, 6) is 0.647. The van der Waals surface area contributed by atoms with E-state index in [-0.39, 0.29) is 0 Å². The predicted molar refractivity (Wildman–Crippen MR) is 95.5 cm³/mol. The summed E-state index contributed by atoms with van der Waals surface area (Å²) in [5, 5.41) is 9.99. The van der Waals surface area contributed by atoms with Crippen LogP contribution in [0.25, 0.3) is 0 Å². The number of phenols is 1. The van der Waals surface area contributed by atoms with E-state index < -0.39 is 0 Å². The number of benzene rings is 1. The summed E-state index contributed by atoms with van der Waals surface area (Å²) >= 11 is 0. The molecule has 3 rings (SSSR count). The maximum absolute atomic E-state index is 12.7. The van der Waals surface area contributed by atoms with Crippen molar-refractivity contribution in [1.82, 2.24) is 4.90 Å². The van der Waals surface area contributed by atoms with E-state index in [1.807, 2.05) is 18.2 Å². The van der Waals surface area contributed by atoms with Crippen molar-refractivity contribution >= 4 is 11.6 Å². The second kappa shape index (κ2) is 7.43.